The molecule has 27 heavy (non-hydrogen) atoms. The number of carbonyl (C=O) groups excluding carboxylic acids is 4. The third-order valence-electron chi connectivity index (χ3n) is 4.47. The van der Waals surface area contributed by atoms with Crippen molar-refractivity contribution in [2.24, 2.45) is 5.92 Å². The lowest BCUT2D eigenvalue weighted by Gasteiger charge is -2.27. The first-order valence-electron chi connectivity index (χ1n) is 8.73. The minimum Gasteiger partial charge on any atom is -0.480 e. The van der Waals surface area contributed by atoms with Crippen LogP contribution in [0.3, 0.4) is 0 Å². The lowest BCUT2D eigenvalue weighted by atomic mass is 10.0. The number of carbonyl (C=O) groups is 5. The van der Waals surface area contributed by atoms with Crippen molar-refractivity contribution in [3.05, 3.63) is 35.4 Å². The summed E-state index contributed by atoms with van der Waals surface area (Å²) in [7, 11) is 0. The monoisotopic (exact) mass is 374 g/mol. The highest BCUT2D eigenvalue weighted by Gasteiger charge is 2.43. The number of rotatable bonds is 9. The Balaban J connectivity index is 2.30. The Bertz CT molecular complexity index is 738. The molecule has 8 heteroatoms. The zero-order chi connectivity index (χ0) is 20.1. The van der Waals surface area contributed by atoms with Crippen LogP contribution in [0, 0.1) is 5.92 Å². The summed E-state index contributed by atoms with van der Waals surface area (Å²) in [5, 5.41) is 11.7. The molecule has 2 rings (SSSR count). The van der Waals surface area contributed by atoms with Gasteiger partial charge in [0.05, 0.1) is 11.1 Å². The van der Waals surface area contributed by atoms with E-state index in [1.807, 2.05) is 0 Å². The zero-order valence-corrected chi connectivity index (χ0v) is 15.2. The summed E-state index contributed by atoms with van der Waals surface area (Å²) < 4.78 is 0. The molecule has 2 unspecified atom stereocenters. The fourth-order valence-corrected chi connectivity index (χ4v) is 3.03. The van der Waals surface area contributed by atoms with Crippen LogP contribution >= 0.6 is 0 Å². The van der Waals surface area contributed by atoms with Gasteiger partial charge in [-0.05, 0) is 30.9 Å². The van der Waals surface area contributed by atoms with Gasteiger partial charge in [0.25, 0.3) is 11.8 Å². The molecule has 0 saturated carbocycles. The van der Waals surface area contributed by atoms with Crippen molar-refractivity contribution in [1.29, 1.82) is 0 Å². The van der Waals surface area contributed by atoms with Gasteiger partial charge >= 0.3 is 5.97 Å². The second kappa shape index (κ2) is 8.57. The third kappa shape index (κ3) is 4.21. The number of hydrogen-bond acceptors (Lipinski definition) is 5. The Morgan fingerprint density at radius 2 is 1.70 bits per heavy atom. The normalized spacial score (nSPS) is 15.4. The first-order chi connectivity index (χ1) is 12.8. The highest BCUT2D eigenvalue weighted by atomic mass is 16.4. The average molecular weight is 374 g/mol. The molecule has 1 aliphatic heterocycles. The van der Waals surface area contributed by atoms with Gasteiger partial charge < -0.3 is 15.2 Å². The highest BCUT2D eigenvalue weighted by molar-refractivity contribution is 6.22. The largest absolute Gasteiger partial charge is 0.480 e. The van der Waals surface area contributed by atoms with Crippen LogP contribution in [0.15, 0.2) is 24.3 Å². The molecule has 144 valence electrons. The number of fused-ring (bicyclic) bond motifs is 1. The van der Waals surface area contributed by atoms with Gasteiger partial charge in [-0.15, -0.1) is 0 Å². The number of unbranched alkanes of at least 4 members (excludes halogenated alkanes) is 1. The van der Waals surface area contributed by atoms with E-state index in [0.717, 1.165) is 4.90 Å². The minimum absolute atomic E-state index is 0.0699. The second-order valence-corrected chi connectivity index (χ2v) is 6.71. The van der Waals surface area contributed by atoms with E-state index in [-0.39, 0.29) is 36.3 Å². The van der Waals surface area contributed by atoms with Crippen molar-refractivity contribution >= 4 is 30.0 Å². The first kappa shape index (κ1) is 20.3. The summed E-state index contributed by atoms with van der Waals surface area (Å²) in [5.74, 6) is -3.51. The van der Waals surface area contributed by atoms with Crippen LogP contribution in [0.25, 0.3) is 0 Å². The molecule has 1 aliphatic rings. The van der Waals surface area contributed by atoms with E-state index < -0.39 is 35.8 Å². The fraction of sp³-hybridized carbons (Fsp3) is 0.421. The summed E-state index contributed by atoms with van der Waals surface area (Å²) in [5.41, 5.74) is 0.406. The summed E-state index contributed by atoms with van der Waals surface area (Å²) >= 11 is 0. The summed E-state index contributed by atoms with van der Waals surface area (Å²) in [6.45, 7) is 3.28. The van der Waals surface area contributed by atoms with Gasteiger partial charge in [0, 0.05) is 6.42 Å². The number of benzene rings is 1. The fourth-order valence-electron chi connectivity index (χ4n) is 3.03. The molecule has 0 spiro atoms. The Labute approximate surface area is 156 Å². The number of nitrogens with zero attached hydrogens (tertiary/aromatic N) is 1. The number of imide groups is 1. The molecule has 0 aromatic heterocycles. The van der Waals surface area contributed by atoms with Crippen LogP contribution in [0.1, 0.15) is 53.8 Å². The van der Waals surface area contributed by atoms with E-state index in [0.29, 0.717) is 6.29 Å². The Morgan fingerprint density at radius 1 is 1.15 bits per heavy atom. The van der Waals surface area contributed by atoms with Crippen molar-refractivity contribution in [1.82, 2.24) is 10.2 Å². The molecular weight excluding hydrogens is 352 g/mol. The van der Waals surface area contributed by atoms with Gasteiger partial charge in [0.2, 0.25) is 5.91 Å². The molecule has 2 atom stereocenters. The van der Waals surface area contributed by atoms with Crippen molar-refractivity contribution in [3.8, 4) is 0 Å². The van der Waals surface area contributed by atoms with Crippen molar-refractivity contribution in [2.75, 3.05) is 0 Å². The molecule has 0 radical (unpaired) electrons. The quantitative estimate of drug-likeness (QED) is 0.381. The number of carboxylic acid groups (broad SMARTS) is 1. The van der Waals surface area contributed by atoms with Gasteiger partial charge in [-0.25, -0.2) is 4.79 Å². The minimum atomic E-state index is -1.20. The van der Waals surface area contributed by atoms with Gasteiger partial charge in [0.1, 0.15) is 18.4 Å². The zero-order valence-electron chi connectivity index (χ0n) is 15.2. The van der Waals surface area contributed by atoms with Gasteiger partial charge in [0.15, 0.2) is 0 Å². The standard InChI is InChI=1S/C19H22N2O6/c1-11(2)15(19(26)27)20-16(23)14(9-5-6-10-22)21-17(24)12-7-3-4-8-13(12)18(21)25/h3-4,7-8,10-11,14-15H,5-6,9H2,1-2H3,(H,20,23)(H,26,27). The average Bonchev–Trinajstić information content (AvgIpc) is 2.87. The third-order valence-corrected chi connectivity index (χ3v) is 4.47. The molecule has 1 aromatic rings. The first-order valence-corrected chi connectivity index (χ1v) is 8.73. The van der Waals surface area contributed by atoms with E-state index in [1.165, 1.54) is 12.1 Å². The maximum Gasteiger partial charge on any atom is 0.326 e. The second-order valence-electron chi connectivity index (χ2n) is 6.71. The van der Waals surface area contributed by atoms with Crippen LogP contribution in [0.4, 0.5) is 0 Å². The number of aliphatic carboxylic acids is 1. The molecule has 2 N–H and O–H groups in total. The maximum absolute atomic E-state index is 12.8. The predicted octanol–water partition coefficient (Wildman–Crippen LogP) is 1.25. The smallest absolute Gasteiger partial charge is 0.326 e. The molecule has 0 bridgehead atoms. The van der Waals surface area contributed by atoms with Gasteiger partial charge in [-0.3, -0.25) is 19.3 Å². The lowest BCUT2D eigenvalue weighted by Crippen LogP contribution is -2.54. The van der Waals surface area contributed by atoms with Crippen LogP contribution in [-0.4, -0.2) is 52.1 Å². The molecule has 0 fully saturated rings. The van der Waals surface area contributed by atoms with Gasteiger partial charge in [-0.1, -0.05) is 26.0 Å². The van der Waals surface area contributed by atoms with Crippen LogP contribution < -0.4 is 5.32 Å². The lowest BCUT2D eigenvalue weighted by molar-refractivity contribution is -0.143. The molecular formula is C19H22N2O6. The topological polar surface area (TPSA) is 121 Å². The van der Waals surface area contributed by atoms with E-state index in [9.17, 15) is 29.1 Å². The Kier molecular flexibility index (Phi) is 6.44. The van der Waals surface area contributed by atoms with Crippen molar-refractivity contribution < 1.29 is 29.1 Å². The number of carboxylic acids is 1. The molecule has 1 heterocycles. The number of aldehydes is 1. The number of nitrogens with one attached hydrogen (secondary N) is 1. The van der Waals surface area contributed by atoms with Crippen LogP contribution in [-0.2, 0) is 14.4 Å². The van der Waals surface area contributed by atoms with Crippen molar-refractivity contribution in [2.45, 2.75) is 45.2 Å². The van der Waals surface area contributed by atoms with Crippen molar-refractivity contribution in [3.63, 3.8) is 0 Å². The molecule has 3 amide bonds. The van der Waals surface area contributed by atoms with Crippen LogP contribution in [0.2, 0.25) is 0 Å². The Hall–Kier alpha value is -3.03. The predicted molar refractivity (Wildman–Crippen MR) is 95.0 cm³/mol. The van der Waals surface area contributed by atoms with E-state index in [4.69, 9.17) is 0 Å². The number of hydrogen-bond donors (Lipinski definition) is 2. The molecule has 1 aromatic carbocycles. The summed E-state index contributed by atoms with van der Waals surface area (Å²) in [6.07, 6.45) is 1.21. The van der Waals surface area contributed by atoms with Gasteiger partial charge in [-0.2, -0.15) is 0 Å². The van der Waals surface area contributed by atoms with E-state index >= 15 is 0 Å². The number of amides is 3. The molecule has 0 saturated heterocycles. The summed E-state index contributed by atoms with van der Waals surface area (Å²) in [6, 6.07) is 3.91. The molecule has 0 aliphatic carbocycles. The van der Waals surface area contributed by atoms with E-state index in [2.05, 4.69) is 5.32 Å². The SMILES string of the molecule is CC(C)C(NC(=O)C(CCCC=O)N1C(=O)c2ccccc2C1=O)C(=O)O. The maximum atomic E-state index is 12.8. The summed E-state index contributed by atoms with van der Waals surface area (Å²) in [4.78, 5) is 61.0. The van der Waals surface area contributed by atoms with E-state index in [1.54, 1.807) is 26.0 Å². The Morgan fingerprint density at radius 3 is 2.15 bits per heavy atom. The highest BCUT2D eigenvalue weighted by Crippen LogP contribution is 2.26. The van der Waals surface area contributed by atoms with Crippen LogP contribution in [0.5, 0.6) is 0 Å². The molecule has 8 nitrogen and oxygen atoms in total.